The van der Waals surface area contributed by atoms with Crippen LogP contribution in [0.4, 0.5) is 17.2 Å². The summed E-state index contributed by atoms with van der Waals surface area (Å²) in [4.78, 5) is 39.3. The minimum Gasteiger partial charge on any atom is -0.382 e. The number of unbranched alkanes of at least 4 members (excludes halogenated alkanes) is 3. The highest BCUT2D eigenvalue weighted by Crippen LogP contribution is 2.30. The highest BCUT2D eigenvalue weighted by molar-refractivity contribution is 6.04. The van der Waals surface area contributed by atoms with Crippen LogP contribution in [0.3, 0.4) is 0 Å². The number of rotatable bonds is 12. The molecule has 4 rings (SSSR count). The number of ketones is 1. The van der Waals surface area contributed by atoms with Crippen LogP contribution in [0.5, 0.6) is 0 Å². The second-order valence-electron chi connectivity index (χ2n) is 9.44. The highest BCUT2D eigenvalue weighted by atomic mass is 16.6. The largest absolute Gasteiger partial charge is 0.382 e. The summed E-state index contributed by atoms with van der Waals surface area (Å²) >= 11 is 0. The number of aryl methyl sites for hydroxylation is 2. The maximum Gasteiger partial charge on any atom is 0.293 e. The van der Waals surface area contributed by atoms with Crippen molar-refractivity contribution >= 4 is 45.0 Å². The number of carbonyl (C=O) groups is 1. The second kappa shape index (κ2) is 11.3. The maximum absolute atomic E-state index is 12.7. The van der Waals surface area contributed by atoms with E-state index in [1.54, 1.807) is 37.3 Å². The van der Waals surface area contributed by atoms with Crippen molar-refractivity contribution in [1.29, 1.82) is 0 Å². The third-order valence-electron chi connectivity index (χ3n) is 6.56. The molecule has 0 aliphatic rings. The molecule has 2 N–H and O–H groups in total. The normalized spacial score (nSPS) is 11.3. The Balaban J connectivity index is 1.46. The highest BCUT2D eigenvalue weighted by Gasteiger charge is 2.20. The summed E-state index contributed by atoms with van der Waals surface area (Å²) in [5.74, 6) is 1.30. The smallest absolute Gasteiger partial charge is 0.293 e. The van der Waals surface area contributed by atoms with Crippen LogP contribution in [-0.2, 0) is 13.0 Å². The molecule has 10 nitrogen and oxygen atoms in total. The van der Waals surface area contributed by atoms with E-state index in [1.807, 2.05) is 12.1 Å². The van der Waals surface area contributed by atoms with E-state index in [0.29, 0.717) is 35.4 Å². The first-order chi connectivity index (χ1) is 17.8. The first kappa shape index (κ1) is 26.0. The number of nitrogen functional groups attached to an aromatic ring is 1. The number of imidazole rings is 1. The molecule has 37 heavy (non-hydrogen) atoms. The summed E-state index contributed by atoms with van der Waals surface area (Å²) in [6.45, 7) is 2.89. The zero-order valence-corrected chi connectivity index (χ0v) is 21.6. The van der Waals surface area contributed by atoms with Gasteiger partial charge >= 0.3 is 0 Å². The molecule has 194 valence electrons. The zero-order valence-electron chi connectivity index (χ0n) is 21.6. The lowest BCUT2D eigenvalue weighted by Gasteiger charge is -2.13. The van der Waals surface area contributed by atoms with E-state index in [1.165, 1.54) is 6.07 Å². The van der Waals surface area contributed by atoms with E-state index in [9.17, 15) is 14.9 Å². The molecule has 1 aromatic carbocycles. The number of hydrogen-bond acceptors (Lipinski definition) is 8. The van der Waals surface area contributed by atoms with E-state index in [-0.39, 0.29) is 11.5 Å². The lowest BCUT2D eigenvalue weighted by Crippen LogP contribution is -2.12. The van der Waals surface area contributed by atoms with Gasteiger partial charge in [0.2, 0.25) is 0 Å². The molecular weight excluding hydrogens is 470 g/mol. The number of nitrogens with zero attached hydrogens (tertiary/aromatic N) is 6. The standard InChI is InChI=1S/C27H33N7O3/c1-4-5-12-23-31-25-26(24-19(30-27(25)28)10-9-15-29-24)33(23)16-8-6-7-11-22(35)18-13-14-20(32(2)3)21(17-18)34(36)37/h9-10,13-15,17H,4-8,11-12,16H2,1-3H3,(H2,28,30). The van der Waals surface area contributed by atoms with Crippen molar-refractivity contribution in [3.05, 3.63) is 58.0 Å². The monoisotopic (exact) mass is 503 g/mol. The molecule has 0 saturated carbocycles. The molecule has 0 fully saturated rings. The van der Waals surface area contributed by atoms with Gasteiger partial charge in [-0.25, -0.2) is 9.97 Å². The molecule has 0 atom stereocenters. The molecule has 0 radical (unpaired) electrons. The molecule has 3 heterocycles. The topological polar surface area (TPSA) is 133 Å². The van der Waals surface area contributed by atoms with Gasteiger partial charge in [0.15, 0.2) is 11.6 Å². The number of anilines is 2. The molecule has 0 unspecified atom stereocenters. The first-order valence-electron chi connectivity index (χ1n) is 12.7. The number of nitro benzene ring substituents is 1. The summed E-state index contributed by atoms with van der Waals surface area (Å²) in [6, 6.07) is 8.43. The summed E-state index contributed by atoms with van der Waals surface area (Å²) in [6.07, 6.45) is 7.41. The Hall–Kier alpha value is -4.08. The third-order valence-corrected chi connectivity index (χ3v) is 6.56. The van der Waals surface area contributed by atoms with Crippen molar-refractivity contribution < 1.29 is 9.72 Å². The lowest BCUT2D eigenvalue weighted by molar-refractivity contribution is -0.384. The van der Waals surface area contributed by atoms with Crippen LogP contribution in [0, 0.1) is 10.1 Å². The number of hydrogen-bond donors (Lipinski definition) is 1. The van der Waals surface area contributed by atoms with Crippen molar-refractivity contribution in [3.63, 3.8) is 0 Å². The molecule has 0 amide bonds. The molecule has 4 aromatic rings. The average Bonchev–Trinajstić information content (AvgIpc) is 3.25. The molecule has 10 heteroatoms. The fraction of sp³-hybridized carbons (Fsp3) is 0.407. The average molecular weight is 504 g/mol. The van der Waals surface area contributed by atoms with Gasteiger partial charge in [0.05, 0.1) is 10.4 Å². The van der Waals surface area contributed by atoms with Crippen molar-refractivity contribution in [2.75, 3.05) is 24.7 Å². The quantitative estimate of drug-likeness (QED) is 0.119. The van der Waals surface area contributed by atoms with E-state index >= 15 is 0 Å². The fourth-order valence-corrected chi connectivity index (χ4v) is 4.63. The number of benzene rings is 1. The van der Waals surface area contributed by atoms with Crippen LogP contribution in [0.2, 0.25) is 0 Å². The molecule has 0 spiro atoms. The Kier molecular flexibility index (Phi) is 7.95. The second-order valence-corrected chi connectivity index (χ2v) is 9.44. The van der Waals surface area contributed by atoms with Crippen molar-refractivity contribution in [1.82, 2.24) is 19.5 Å². The molecule has 0 bridgehead atoms. The molecule has 0 aliphatic carbocycles. The Morgan fingerprint density at radius 3 is 2.65 bits per heavy atom. The van der Waals surface area contributed by atoms with Crippen LogP contribution in [0.25, 0.3) is 22.1 Å². The van der Waals surface area contributed by atoms with Crippen LogP contribution in [0.1, 0.15) is 61.6 Å². The number of pyridine rings is 2. The number of nitro groups is 1. The molecule has 0 aliphatic heterocycles. The van der Waals surface area contributed by atoms with Crippen molar-refractivity contribution in [2.24, 2.45) is 0 Å². The Morgan fingerprint density at radius 1 is 1.11 bits per heavy atom. The van der Waals surface area contributed by atoms with E-state index in [2.05, 4.69) is 21.5 Å². The summed E-state index contributed by atoms with van der Waals surface area (Å²) in [7, 11) is 3.48. The molecule has 3 aromatic heterocycles. The van der Waals surface area contributed by atoms with Gasteiger partial charge in [0.25, 0.3) is 5.69 Å². The predicted octanol–water partition coefficient (Wildman–Crippen LogP) is 5.32. The van der Waals surface area contributed by atoms with Gasteiger partial charge in [-0.1, -0.05) is 19.8 Å². The van der Waals surface area contributed by atoms with Gasteiger partial charge < -0.3 is 15.2 Å². The minimum absolute atomic E-state index is 0.0583. The predicted molar refractivity (Wildman–Crippen MR) is 146 cm³/mol. The van der Waals surface area contributed by atoms with Crippen LogP contribution >= 0.6 is 0 Å². The summed E-state index contributed by atoms with van der Waals surface area (Å²) in [5, 5.41) is 11.4. The molecular formula is C27H33N7O3. The van der Waals surface area contributed by atoms with Gasteiger partial charge in [-0.15, -0.1) is 0 Å². The number of carbonyl (C=O) groups excluding carboxylic acids is 1. The minimum atomic E-state index is -0.446. The SMILES string of the molecule is CCCCc1nc2c(N)nc3cccnc3c2n1CCCCCC(=O)c1ccc(N(C)C)c([N+](=O)[O-])c1. The van der Waals surface area contributed by atoms with E-state index in [0.717, 1.165) is 61.0 Å². The lowest BCUT2D eigenvalue weighted by atomic mass is 10.0. The number of nitrogens with two attached hydrogens (primary N) is 1. The van der Waals surface area contributed by atoms with Gasteiger partial charge in [0.1, 0.15) is 28.1 Å². The zero-order chi connectivity index (χ0) is 26.5. The van der Waals surface area contributed by atoms with Gasteiger partial charge in [-0.2, -0.15) is 0 Å². The van der Waals surface area contributed by atoms with E-state index < -0.39 is 4.92 Å². The number of fused-ring (bicyclic) bond motifs is 3. The van der Waals surface area contributed by atoms with Crippen LogP contribution < -0.4 is 10.6 Å². The van der Waals surface area contributed by atoms with Crippen LogP contribution in [-0.4, -0.2) is 44.3 Å². The number of aromatic nitrogens is 4. The van der Waals surface area contributed by atoms with Crippen molar-refractivity contribution in [2.45, 2.75) is 58.4 Å². The summed E-state index contributed by atoms with van der Waals surface area (Å²) in [5.41, 5.74) is 10.2. The first-order valence-corrected chi connectivity index (χ1v) is 12.7. The fourth-order valence-electron chi connectivity index (χ4n) is 4.63. The van der Waals surface area contributed by atoms with Gasteiger partial charge in [-0.05, 0) is 43.5 Å². The Labute approximate surface area is 215 Å². The summed E-state index contributed by atoms with van der Waals surface area (Å²) < 4.78 is 2.21. The third kappa shape index (κ3) is 5.52. The Morgan fingerprint density at radius 2 is 1.92 bits per heavy atom. The molecule has 0 saturated heterocycles. The maximum atomic E-state index is 12.7. The van der Waals surface area contributed by atoms with Gasteiger partial charge in [-0.3, -0.25) is 19.9 Å². The van der Waals surface area contributed by atoms with E-state index in [4.69, 9.17) is 10.7 Å². The van der Waals surface area contributed by atoms with Gasteiger partial charge in [0, 0.05) is 51.3 Å². The Bertz CT molecular complexity index is 1450. The number of Topliss-reactive ketones (excluding diaryl/α,β-unsaturated/α-hetero) is 1. The van der Waals surface area contributed by atoms with Crippen molar-refractivity contribution in [3.8, 4) is 0 Å². The van der Waals surface area contributed by atoms with Crippen LogP contribution in [0.15, 0.2) is 36.5 Å².